The van der Waals surface area contributed by atoms with E-state index in [0.29, 0.717) is 17.4 Å². The number of hydrogen-bond acceptors (Lipinski definition) is 1. The van der Waals surface area contributed by atoms with Crippen LogP contribution in [0.2, 0.25) is 0 Å². The fourth-order valence-corrected chi connectivity index (χ4v) is 1.57. The number of benzene rings is 1. The first kappa shape index (κ1) is 11.7. The zero-order chi connectivity index (χ0) is 11.3. The maximum absolute atomic E-state index is 13.3. The number of rotatable bonds is 3. The minimum Gasteiger partial charge on any atom is -0.351 e. The smallest absolute Gasteiger partial charge is 0.255 e. The number of carbonyl (C=O) groups excluding carboxylic acids is 1. The molecule has 0 bridgehead atoms. The van der Waals surface area contributed by atoms with Gasteiger partial charge in [0.1, 0.15) is 5.82 Å². The predicted octanol–water partition coefficient (Wildman–Crippen LogP) is 2.34. The van der Waals surface area contributed by atoms with Gasteiger partial charge in [0.05, 0.1) is 5.56 Å². The monoisotopic (exact) mass is 269 g/mol. The Morgan fingerprint density at radius 3 is 2.93 bits per heavy atom. The minimum atomic E-state index is -0.553. The molecule has 1 aromatic carbocycles. The Bertz CT molecular complexity index is 391. The van der Waals surface area contributed by atoms with Crippen molar-refractivity contribution in [3.05, 3.63) is 34.1 Å². The van der Waals surface area contributed by atoms with Gasteiger partial charge in [-0.3, -0.25) is 4.79 Å². The topological polar surface area (TPSA) is 29.1 Å². The molecule has 0 fully saturated rings. The number of nitrogens with one attached hydrogen (secondary N) is 1. The summed E-state index contributed by atoms with van der Waals surface area (Å²) in [6.07, 6.45) is 5.46. The Labute approximate surface area is 96.0 Å². The highest BCUT2D eigenvalue weighted by Crippen LogP contribution is 2.19. The molecule has 0 unspecified atom stereocenters. The van der Waals surface area contributed by atoms with E-state index >= 15 is 0 Å². The molecule has 1 aromatic rings. The third kappa shape index (κ3) is 3.07. The molecule has 78 valence electrons. The maximum atomic E-state index is 13.3. The first-order valence-electron chi connectivity index (χ1n) is 4.32. The first-order chi connectivity index (χ1) is 7.16. The molecular weight excluding hydrogens is 261 g/mol. The van der Waals surface area contributed by atoms with Crippen molar-refractivity contribution in [3.8, 4) is 12.3 Å². The Morgan fingerprint density at radius 1 is 1.60 bits per heavy atom. The van der Waals surface area contributed by atoms with E-state index in [4.69, 9.17) is 6.42 Å². The van der Waals surface area contributed by atoms with Crippen molar-refractivity contribution in [2.24, 2.45) is 0 Å². The largest absolute Gasteiger partial charge is 0.351 e. The van der Waals surface area contributed by atoms with Crippen LogP contribution < -0.4 is 5.32 Å². The summed E-state index contributed by atoms with van der Waals surface area (Å²) in [6, 6.07) is 4.37. The molecular formula is C11H9BrFNO. The number of carbonyl (C=O) groups is 1. The molecule has 0 radical (unpaired) electrons. The lowest BCUT2D eigenvalue weighted by atomic mass is 10.2. The van der Waals surface area contributed by atoms with Crippen LogP contribution in [0.15, 0.2) is 22.7 Å². The molecule has 4 heteroatoms. The average molecular weight is 270 g/mol. The lowest BCUT2D eigenvalue weighted by Gasteiger charge is -2.06. The Kier molecular flexibility index (Phi) is 4.32. The second-order valence-electron chi connectivity index (χ2n) is 2.81. The van der Waals surface area contributed by atoms with Crippen LogP contribution in [0, 0.1) is 18.2 Å². The number of amides is 1. The van der Waals surface area contributed by atoms with Crippen LogP contribution in [0.25, 0.3) is 0 Å². The van der Waals surface area contributed by atoms with E-state index in [2.05, 4.69) is 27.2 Å². The van der Waals surface area contributed by atoms with Crippen LogP contribution in [0.1, 0.15) is 16.8 Å². The minimum absolute atomic E-state index is 0.00882. The molecule has 0 saturated carbocycles. The highest BCUT2D eigenvalue weighted by molar-refractivity contribution is 9.10. The molecule has 15 heavy (non-hydrogen) atoms. The van der Waals surface area contributed by atoms with Crippen LogP contribution in [0.3, 0.4) is 0 Å². The van der Waals surface area contributed by atoms with E-state index in [1.165, 1.54) is 12.1 Å². The SMILES string of the molecule is C#CCCNC(=O)c1c(F)cccc1Br. The maximum Gasteiger partial charge on any atom is 0.255 e. The van der Waals surface area contributed by atoms with Crippen molar-refractivity contribution >= 4 is 21.8 Å². The van der Waals surface area contributed by atoms with Crippen LogP contribution in [0.4, 0.5) is 4.39 Å². The summed E-state index contributed by atoms with van der Waals surface area (Å²) in [7, 11) is 0. The van der Waals surface area contributed by atoms with Gasteiger partial charge in [-0.15, -0.1) is 12.3 Å². The molecule has 0 aromatic heterocycles. The van der Waals surface area contributed by atoms with E-state index in [9.17, 15) is 9.18 Å². The quantitative estimate of drug-likeness (QED) is 0.663. The molecule has 1 N–H and O–H groups in total. The van der Waals surface area contributed by atoms with Gasteiger partial charge in [-0.1, -0.05) is 6.07 Å². The second-order valence-corrected chi connectivity index (χ2v) is 3.66. The van der Waals surface area contributed by atoms with E-state index in [1.807, 2.05) is 0 Å². The molecule has 1 amide bonds. The lowest BCUT2D eigenvalue weighted by molar-refractivity contribution is 0.0949. The summed E-state index contributed by atoms with van der Waals surface area (Å²) < 4.78 is 13.7. The summed E-state index contributed by atoms with van der Waals surface area (Å²) in [6.45, 7) is 0.343. The van der Waals surface area contributed by atoms with Gasteiger partial charge in [-0.25, -0.2) is 4.39 Å². The van der Waals surface area contributed by atoms with Gasteiger partial charge in [-0.2, -0.15) is 0 Å². The molecule has 0 aliphatic carbocycles. The fraction of sp³-hybridized carbons (Fsp3) is 0.182. The normalized spacial score (nSPS) is 9.40. The van der Waals surface area contributed by atoms with Crippen LogP contribution in [-0.4, -0.2) is 12.5 Å². The summed E-state index contributed by atoms with van der Waals surface area (Å²) >= 11 is 3.12. The number of terminal acetylenes is 1. The van der Waals surface area contributed by atoms with Gasteiger partial charge in [0.25, 0.3) is 5.91 Å². The Morgan fingerprint density at radius 2 is 2.33 bits per heavy atom. The second kappa shape index (κ2) is 5.52. The van der Waals surface area contributed by atoms with Gasteiger partial charge < -0.3 is 5.32 Å². The van der Waals surface area contributed by atoms with Crippen LogP contribution in [0.5, 0.6) is 0 Å². The van der Waals surface area contributed by atoms with E-state index in [1.54, 1.807) is 6.07 Å². The summed E-state index contributed by atoms with van der Waals surface area (Å²) in [5.74, 6) is 1.37. The van der Waals surface area contributed by atoms with E-state index in [0.717, 1.165) is 0 Å². The zero-order valence-electron chi connectivity index (χ0n) is 7.89. The van der Waals surface area contributed by atoms with Crippen LogP contribution >= 0.6 is 15.9 Å². The van der Waals surface area contributed by atoms with E-state index in [-0.39, 0.29) is 5.56 Å². The van der Waals surface area contributed by atoms with Crippen molar-refractivity contribution in [3.63, 3.8) is 0 Å². The summed E-state index contributed by atoms with van der Waals surface area (Å²) in [4.78, 5) is 11.5. The van der Waals surface area contributed by atoms with Gasteiger partial charge in [0.2, 0.25) is 0 Å². The van der Waals surface area contributed by atoms with Crippen molar-refractivity contribution in [1.82, 2.24) is 5.32 Å². The first-order valence-corrected chi connectivity index (χ1v) is 5.11. The molecule has 0 aliphatic rings. The van der Waals surface area contributed by atoms with Gasteiger partial charge in [0, 0.05) is 17.4 Å². The summed E-state index contributed by atoms with van der Waals surface area (Å²) in [5, 5.41) is 2.53. The van der Waals surface area contributed by atoms with Crippen molar-refractivity contribution < 1.29 is 9.18 Å². The Hall–Kier alpha value is -1.34. The molecule has 0 aliphatic heterocycles. The Balaban J connectivity index is 2.78. The molecule has 0 atom stereocenters. The lowest BCUT2D eigenvalue weighted by Crippen LogP contribution is -2.25. The highest BCUT2D eigenvalue weighted by Gasteiger charge is 2.14. The van der Waals surface area contributed by atoms with Crippen LogP contribution in [-0.2, 0) is 0 Å². The van der Waals surface area contributed by atoms with Crippen molar-refractivity contribution in [2.75, 3.05) is 6.54 Å². The van der Waals surface area contributed by atoms with Crippen molar-refractivity contribution in [2.45, 2.75) is 6.42 Å². The van der Waals surface area contributed by atoms with Gasteiger partial charge in [0.15, 0.2) is 0 Å². The zero-order valence-corrected chi connectivity index (χ0v) is 9.47. The summed E-state index contributed by atoms with van der Waals surface area (Å²) in [5.41, 5.74) is 0.00882. The van der Waals surface area contributed by atoms with Crippen molar-refractivity contribution in [1.29, 1.82) is 0 Å². The standard InChI is InChI=1S/C11H9BrFNO/c1-2-3-7-14-11(15)10-8(12)5-4-6-9(10)13/h1,4-6H,3,7H2,(H,14,15). The molecule has 0 saturated heterocycles. The number of halogens is 2. The molecule has 1 rings (SSSR count). The fourth-order valence-electron chi connectivity index (χ4n) is 1.05. The third-order valence-electron chi connectivity index (χ3n) is 1.74. The number of hydrogen-bond donors (Lipinski definition) is 1. The third-order valence-corrected chi connectivity index (χ3v) is 2.41. The molecule has 0 spiro atoms. The van der Waals surface area contributed by atoms with E-state index < -0.39 is 11.7 Å². The highest BCUT2D eigenvalue weighted by atomic mass is 79.9. The van der Waals surface area contributed by atoms with Gasteiger partial charge in [-0.05, 0) is 28.1 Å². The molecule has 0 heterocycles. The average Bonchev–Trinajstić information content (AvgIpc) is 2.18. The van der Waals surface area contributed by atoms with Gasteiger partial charge >= 0.3 is 0 Å². The predicted molar refractivity (Wildman–Crippen MR) is 59.9 cm³/mol. The molecule has 2 nitrogen and oxygen atoms in total.